The number of hydrogen-bond donors (Lipinski definition) is 0. The normalized spacial score (nSPS) is 13.5. The van der Waals surface area contributed by atoms with Crippen molar-refractivity contribution in [1.82, 2.24) is 5.06 Å². The van der Waals surface area contributed by atoms with Crippen molar-refractivity contribution in [2.24, 2.45) is 5.92 Å². The van der Waals surface area contributed by atoms with E-state index in [0.29, 0.717) is 0 Å². The molecule has 1 unspecified atom stereocenters. The molecule has 0 aliphatic heterocycles. The number of unbranched alkanes of at least 4 members (excludes halogenated alkanes) is 2. The summed E-state index contributed by atoms with van der Waals surface area (Å²) in [6.45, 7) is 12.3. The van der Waals surface area contributed by atoms with Crippen LogP contribution in [0.15, 0.2) is 0 Å². The van der Waals surface area contributed by atoms with Gasteiger partial charge in [0.05, 0.1) is 5.92 Å². The van der Waals surface area contributed by atoms with E-state index in [1.54, 1.807) is 5.06 Å². The molecule has 0 aromatic carbocycles. The number of carbonyl (C=O) groups excluding carboxylic acids is 1. The number of hydrogen-bond acceptors (Lipinski definition) is 3. The molecule has 0 saturated heterocycles. The van der Waals surface area contributed by atoms with Gasteiger partial charge in [0.15, 0.2) is 0 Å². The highest BCUT2D eigenvalue weighted by molar-refractivity contribution is 5.71. The van der Waals surface area contributed by atoms with Gasteiger partial charge >= 0.3 is 5.97 Å². The number of hydroxylamine groups is 2. The van der Waals surface area contributed by atoms with Crippen molar-refractivity contribution in [3.8, 4) is 0 Å². The van der Waals surface area contributed by atoms with E-state index in [1.165, 1.54) is 12.8 Å². The molecule has 0 heterocycles. The molecule has 0 fully saturated rings. The van der Waals surface area contributed by atoms with Crippen LogP contribution in [0.1, 0.15) is 67.2 Å². The third-order valence-electron chi connectivity index (χ3n) is 2.86. The largest absolute Gasteiger partial charge is 0.367 e. The standard InChI is InChI=1S/C14H29NO2/c1-7-8-9-10-13(6)14(16)17-15(11(2)3)12(4)5/h11-13H,7-10H2,1-6H3. The predicted molar refractivity (Wildman–Crippen MR) is 71.5 cm³/mol. The van der Waals surface area contributed by atoms with Crippen LogP contribution >= 0.6 is 0 Å². The highest BCUT2D eigenvalue weighted by atomic mass is 16.7. The average molecular weight is 243 g/mol. The van der Waals surface area contributed by atoms with Gasteiger partial charge in [-0.3, -0.25) is 4.79 Å². The van der Waals surface area contributed by atoms with Gasteiger partial charge in [0.1, 0.15) is 0 Å². The minimum Gasteiger partial charge on any atom is -0.367 e. The van der Waals surface area contributed by atoms with E-state index < -0.39 is 0 Å². The Morgan fingerprint density at radius 2 is 1.59 bits per heavy atom. The molecule has 0 radical (unpaired) electrons. The van der Waals surface area contributed by atoms with Gasteiger partial charge in [0.2, 0.25) is 0 Å². The Bertz CT molecular complexity index is 206. The van der Waals surface area contributed by atoms with Gasteiger partial charge in [-0.25, -0.2) is 0 Å². The van der Waals surface area contributed by atoms with Crippen molar-refractivity contribution in [3.63, 3.8) is 0 Å². The lowest BCUT2D eigenvalue weighted by Gasteiger charge is -2.29. The quantitative estimate of drug-likeness (QED) is 0.480. The maximum Gasteiger partial charge on any atom is 0.327 e. The van der Waals surface area contributed by atoms with Crippen molar-refractivity contribution in [1.29, 1.82) is 0 Å². The van der Waals surface area contributed by atoms with E-state index in [2.05, 4.69) is 6.92 Å². The molecular formula is C14H29NO2. The number of nitrogens with zero attached hydrogens (tertiary/aromatic N) is 1. The zero-order valence-corrected chi connectivity index (χ0v) is 12.3. The summed E-state index contributed by atoms with van der Waals surface area (Å²) in [6, 6.07) is 0.448. The molecule has 3 nitrogen and oxygen atoms in total. The number of carbonyl (C=O) groups is 1. The fourth-order valence-electron chi connectivity index (χ4n) is 1.82. The molecule has 17 heavy (non-hydrogen) atoms. The molecule has 1 atom stereocenters. The Morgan fingerprint density at radius 1 is 1.06 bits per heavy atom. The van der Waals surface area contributed by atoms with E-state index in [4.69, 9.17) is 4.84 Å². The zero-order valence-electron chi connectivity index (χ0n) is 12.3. The summed E-state index contributed by atoms with van der Waals surface area (Å²) >= 11 is 0. The summed E-state index contributed by atoms with van der Waals surface area (Å²) in [7, 11) is 0. The van der Waals surface area contributed by atoms with Crippen LogP contribution in [-0.2, 0) is 9.63 Å². The van der Waals surface area contributed by atoms with Crippen molar-refractivity contribution in [3.05, 3.63) is 0 Å². The van der Waals surface area contributed by atoms with Gasteiger partial charge in [0.25, 0.3) is 0 Å². The van der Waals surface area contributed by atoms with Crippen LogP contribution in [0.25, 0.3) is 0 Å². The Morgan fingerprint density at radius 3 is 2.00 bits per heavy atom. The smallest absolute Gasteiger partial charge is 0.327 e. The molecule has 0 aliphatic rings. The third kappa shape index (κ3) is 6.67. The second-order valence-corrected chi connectivity index (χ2v) is 5.35. The van der Waals surface area contributed by atoms with E-state index in [1.807, 2.05) is 34.6 Å². The zero-order chi connectivity index (χ0) is 13.4. The van der Waals surface area contributed by atoms with E-state index >= 15 is 0 Å². The molecule has 0 aromatic heterocycles. The van der Waals surface area contributed by atoms with E-state index in [9.17, 15) is 4.79 Å². The topological polar surface area (TPSA) is 29.5 Å². The monoisotopic (exact) mass is 243 g/mol. The Kier molecular flexibility index (Phi) is 8.23. The van der Waals surface area contributed by atoms with Gasteiger partial charge in [-0.05, 0) is 34.1 Å². The van der Waals surface area contributed by atoms with Crippen molar-refractivity contribution in [2.45, 2.75) is 79.3 Å². The van der Waals surface area contributed by atoms with Crippen LogP contribution in [0.2, 0.25) is 0 Å². The maximum atomic E-state index is 11.9. The second kappa shape index (κ2) is 8.51. The van der Waals surface area contributed by atoms with Crippen LogP contribution in [0.5, 0.6) is 0 Å². The van der Waals surface area contributed by atoms with Crippen LogP contribution in [0.4, 0.5) is 0 Å². The minimum atomic E-state index is -0.0940. The first-order valence-corrected chi connectivity index (χ1v) is 6.90. The van der Waals surface area contributed by atoms with E-state index in [-0.39, 0.29) is 24.0 Å². The van der Waals surface area contributed by atoms with Crippen LogP contribution in [0.3, 0.4) is 0 Å². The summed E-state index contributed by atoms with van der Waals surface area (Å²) in [5, 5.41) is 1.78. The minimum absolute atomic E-state index is 0.00144. The van der Waals surface area contributed by atoms with Gasteiger partial charge in [0, 0.05) is 12.1 Å². The average Bonchev–Trinajstić information content (AvgIpc) is 2.24. The summed E-state index contributed by atoms with van der Waals surface area (Å²) in [6.07, 6.45) is 4.41. The fraction of sp³-hybridized carbons (Fsp3) is 0.929. The summed E-state index contributed by atoms with van der Waals surface area (Å²) < 4.78 is 0. The Labute approximate surface area is 106 Å². The molecule has 0 bridgehead atoms. The molecule has 0 aromatic rings. The first-order chi connectivity index (χ1) is 7.90. The Balaban J connectivity index is 4.12. The molecule has 0 rings (SSSR count). The first kappa shape index (κ1) is 16.4. The maximum absolute atomic E-state index is 11.9. The number of rotatable bonds is 8. The Hall–Kier alpha value is -0.570. The molecular weight excluding hydrogens is 214 g/mol. The molecule has 0 saturated carbocycles. The molecule has 0 spiro atoms. The van der Waals surface area contributed by atoms with Crippen LogP contribution < -0.4 is 0 Å². The van der Waals surface area contributed by atoms with Crippen molar-refractivity contribution in [2.75, 3.05) is 0 Å². The van der Waals surface area contributed by atoms with E-state index in [0.717, 1.165) is 12.8 Å². The van der Waals surface area contributed by atoms with Crippen LogP contribution in [-0.4, -0.2) is 23.1 Å². The van der Waals surface area contributed by atoms with Gasteiger partial charge in [-0.15, -0.1) is 5.06 Å². The summed E-state index contributed by atoms with van der Waals surface area (Å²) in [5.74, 6) is -0.0925. The summed E-state index contributed by atoms with van der Waals surface area (Å²) in [4.78, 5) is 17.4. The SMILES string of the molecule is CCCCCC(C)C(=O)ON(C(C)C)C(C)C. The molecule has 0 N–H and O–H groups in total. The van der Waals surface area contributed by atoms with Gasteiger partial charge in [-0.2, -0.15) is 0 Å². The molecule has 0 amide bonds. The molecule has 102 valence electrons. The highest BCUT2D eigenvalue weighted by Crippen LogP contribution is 2.14. The highest BCUT2D eigenvalue weighted by Gasteiger charge is 2.22. The first-order valence-electron chi connectivity index (χ1n) is 6.90. The third-order valence-corrected chi connectivity index (χ3v) is 2.86. The summed E-state index contributed by atoms with van der Waals surface area (Å²) in [5.41, 5.74) is 0. The van der Waals surface area contributed by atoms with Crippen molar-refractivity contribution >= 4 is 5.97 Å². The van der Waals surface area contributed by atoms with Gasteiger partial charge in [-0.1, -0.05) is 33.1 Å². The lowest BCUT2D eigenvalue weighted by Crippen LogP contribution is -2.40. The lowest BCUT2D eigenvalue weighted by molar-refractivity contribution is -0.213. The second-order valence-electron chi connectivity index (χ2n) is 5.35. The van der Waals surface area contributed by atoms with Crippen LogP contribution in [0, 0.1) is 5.92 Å². The predicted octanol–water partition coefficient (Wildman–Crippen LogP) is 3.78. The lowest BCUT2D eigenvalue weighted by atomic mass is 10.0. The fourth-order valence-corrected chi connectivity index (χ4v) is 1.82. The van der Waals surface area contributed by atoms with Crippen molar-refractivity contribution < 1.29 is 9.63 Å². The molecule has 3 heteroatoms. The van der Waals surface area contributed by atoms with Gasteiger partial charge < -0.3 is 4.84 Å². The molecule has 0 aliphatic carbocycles.